The molecule has 1 N–H and O–H groups in total. The lowest BCUT2D eigenvalue weighted by Crippen LogP contribution is -2.50. The first kappa shape index (κ1) is 16.1. The molecule has 1 fully saturated rings. The van der Waals surface area contributed by atoms with Gasteiger partial charge in [-0.05, 0) is 29.7 Å². The number of hydrogen-bond acceptors (Lipinski definition) is 3. The van der Waals surface area contributed by atoms with Crippen LogP contribution in [0.5, 0.6) is 0 Å². The molecular weight excluding hydrogens is 304 g/mol. The van der Waals surface area contributed by atoms with Gasteiger partial charge in [0.2, 0.25) is 0 Å². The van der Waals surface area contributed by atoms with E-state index in [0.717, 1.165) is 12.1 Å². The van der Waals surface area contributed by atoms with Crippen molar-refractivity contribution in [3.8, 4) is 0 Å². The highest BCUT2D eigenvalue weighted by Crippen LogP contribution is 2.19. The van der Waals surface area contributed by atoms with Gasteiger partial charge in [0, 0.05) is 31.9 Å². The van der Waals surface area contributed by atoms with Crippen LogP contribution in [-0.4, -0.2) is 48.1 Å². The maximum absolute atomic E-state index is 11.5. The van der Waals surface area contributed by atoms with Crippen molar-refractivity contribution in [2.24, 2.45) is 0 Å². The molecule has 124 valence electrons. The second-order valence-corrected chi connectivity index (χ2v) is 5.91. The Hall–Kier alpha value is -2.82. The minimum Gasteiger partial charge on any atom is -0.474 e. The summed E-state index contributed by atoms with van der Waals surface area (Å²) in [5.74, 6) is -2.19. The van der Waals surface area contributed by atoms with Gasteiger partial charge in [-0.25, -0.2) is 4.79 Å². The zero-order valence-electron chi connectivity index (χ0n) is 13.4. The molecule has 5 heteroatoms. The van der Waals surface area contributed by atoms with E-state index in [9.17, 15) is 9.59 Å². The largest absolute Gasteiger partial charge is 0.474 e. The molecule has 0 aromatic heterocycles. The molecule has 2 aromatic rings. The van der Waals surface area contributed by atoms with Gasteiger partial charge in [-0.15, -0.1) is 0 Å². The monoisotopic (exact) mass is 324 g/mol. The van der Waals surface area contributed by atoms with Crippen molar-refractivity contribution >= 4 is 17.6 Å². The summed E-state index contributed by atoms with van der Waals surface area (Å²) in [5, 5.41) is 8.76. The molecule has 0 saturated carbocycles. The molecule has 3 rings (SSSR count). The van der Waals surface area contributed by atoms with Crippen LogP contribution in [0.2, 0.25) is 0 Å². The fourth-order valence-corrected chi connectivity index (χ4v) is 2.96. The summed E-state index contributed by atoms with van der Waals surface area (Å²) in [7, 11) is 0. The summed E-state index contributed by atoms with van der Waals surface area (Å²) in [6, 6.07) is 18.8. The Morgan fingerprint density at radius 1 is 0.833 bits per heavy atom. The van der Waals surface area contributed by atoms with Crippen molar-refractivity contribution in [1.82, 2.24) is 4.90 Å². The van der Waals surface area contributed by atoms with Crippen LogP contribution in [0.15, 0.2) is 54.6 Å². The summed E-state index contributed by atoms with van der Waals surface area (Å²) in [6.45, 7) is 2.18. The molecule has 1 saturated heterocycles. The highest BCUT2D eigenvalue weighted by molar-refractivity contribution is 6.31. The average molecular weight is 324 g/mol. The molecule has 0 unspecified atom stereocenters. The second kappa shape index (κ2) is 7.17. The molecule has 2 aromatic carbocycles. The smallest absolute Gasteiger partial charge is 0.394 e. The van der Waals surface area contributed by atoms with Crippen LogP contribution in [-0.2, 0) is 16.0 Å². The number of nitrogens with zero attached hydrogens (tertiary/aromatic N) is 2. The lowest BCUT2D eigenvalue weighted by molar-refractivity contribution is -0.156. The van der Waals surface area contributed by atoms with Crippen molar-refractivity contribution in [3.63, 3.8) is 0 Å². The molecule has 0 radical (unpaired) electrons. The molecule has 5 nitrogen and oxygen atoms in total. The van der Waals surface area contributed by atoms with Gasteiger partial charge >= 0.3 is 11.9 Å². The van der Waals surface area contributed by atoms with Crippen molar-refractivity contribution < 1.29 is 14.7 Å². The number of carboxylic acids is 1. The van der Waals surface area contributed by atoms with E-state index in [0.29, 0.717) is 26.2 Å². The molecule has 0 bridgehead atoms. The van der Waals surface area contributed by atoms with Gasteiger partial charge in [-0.3, -0.25) is 4.79 Å². The molecule has 24 heavy (non-hydrogen) atoms. The van der Waals surface area contributed by atoms with Crippen LogP contribution >= 0.6 is 0 Å². The van der Waals surface area contributed by atoms with Crippen LogP contribution in [0.4, 0.5) is 5.69 Å². The number of benzene rings is 2. The van der Waals surface area contributed by atoms with Crippen LogP contribution in [0.3, 0.4) is 0 Å². The van der Waals surface area contributed by atoms with Gasteiger partial charge in [-0.1, -0.05) is 42.5 Å². The van der Waals surface area contributed by atoms with Gasteiger partial charge in [0.1, 0.15) is 0 Å². The standard InChI is InChI=1S/C19H20N2O3/c22-18(19(23)24)21-12-10-20(11-13-21)17-8-6-16(7-9-17)14-15-4-2-1-3-5-15/h1-9H,10-14H2,(H,23,24). The van der Waals surface area contributed by atoms with E-state index in [-0.39, 0.29) is 0 Å². The first-order valence-corrected chi connectivity index (χ1v) is 8.03. The van der Waals surface area contributed by atoms with Crippen LogP contribution < -0.4 is 4.90 Å². The van der Waals surface area contributed by atoms with E-state index in [2.05, 4.69) is 41.3 Å². The number of carbonyl (C=O) groups is 2. The van der Waals surface area contributed by atoms with Gasteiger partial charge in [0.05, 0.1) is 0 Å². The summed E-state index contributed by atoms with van der Waals surface area (Å²) in [6.07, 6.45) is 0.905. The summed E-state index contributed by atoms with van der Waals surface area (Å²) >= 11 is 0. The Bertz CT molecular complexity index is 705. The number of carboxylic acid groups (broad SMARTS) is 1. The van der Waals surface area contributed by atoms with E-state index in [1.807, 2.05) is 18.2 Å². The number of hydrogen-bond donors (Lipinski definition) is 1. The number of piperazine rings is 1. The van der Waals surface area contributed by atoms with Crippen LogP contribution in [0.25, 0.3) is 0 Å². The fourth-order valence-electron chi connectivity index (χ4n) is 2.96. The topological polar surface area (TPSA) is 60.9 Å². The molecule has 1 aliphatic heterocycles. The molecule has 1 heterocycles. The van der Waals surface area contributed by atoms with Gasteiger partial charge in [0.15, 0.2) is 0 Å². The minimum atomic E-state index is -1.38. The lowest BCUT2D eigenvalue weighted by Gasteiger charge is -2.35. The van der Waals surface area contributed by atoms with E-state index in [1.165, 1.54) is 16.0 Å². The number of anilines is 1. The Morgan fingerprint density at radius 3 is 2.00 bits per heavy atom. The summed E-state index contributed by atoms with van der Waals surface area (Å²) in [4.78, 5) is 25.8. The first-order valence-electron chi connectivity index (χ1n) is 8.03. The molecule has 1 amide bonds. The lowest BCUT2D eigenvalue weighted by atomic mass is 10.0. The quantitative estimate of drug-likeness (QED) is 0.878. The van der Waals surface area contributed by atoms with Crippen molar-refractivity contribution in [1.29, 1.82) is 0 Å². The number of rotatable bonds is 3. The zero-order valence-corrected chi connectivity index (χ0v) is 13.4. The molecule has 1 aliphatic rings. The highest BCUT2D eigenvalue weighted by atomic mass is 16.4. The maximum Gasteiger partial charge on any atom is 0.394 e. The highest BCUT2D eigenvalue weighted by Gasteiger charge is 2.25. The van der Waals surface area contributed by atoms with Crippen LogP contribution in [0, 0.1) is 0 Å². The summed E-state index contributed by atoms with van der Waals surface area (Å²) < 4.78 is 0. The van der Waals surface area contributed by atoms with Gasteiger partial charge < -0.3 is 14.9 Å². The Kier molecular flexibility index (Phi) is 4.79. The number of carbonyl (C=O) groups excluding carboxylic acids is 1. The third-order valence-electron chi connectivity index (χ3n) is 4.30. The fraction of sp³-hybridized carbons (Fsp3) is 0.263. The van der Waals surface area contributed by atoms with E-state index in [4.69, 9.17) is 5.11 Å². The predicted octanol–water partition coefficient (Wildman–Crippen LogP) is 2.01. The Labute approximate surface area is 141 Å². The maximum atomic E-state index is 11.5. The van der Waals surface area contributed by atoms with Gasteiger partial charge in [0.25, 0.3) is 0 Å². The average Bonchev–Trinajstić information content (AvgIpc) is 2.63. The SMILES string of the molecule is O=C(O)C(=O)N1CCN(c2ccc(Cc3ccccc3)cc2)CC1. The molecule has 0 spiro atoms. The van der Waals surface area contributed by atoms with Crippen LogP contribution in [0.1, 0.15) is 11.1 Å². The van der Waals surface area contributed by atoms with Crippen molar-refractivity contribution in [2.45, 2.75) is 6.42 Å². The third-order valence-corrected chi connectivity index (χ3v) is 4.30. The Balaban J connectivity index is 1.59. The second-order valence-electron chi connectivity index (χ2n) is 5.91. The van der Waals surface area contributed by atoms with Crippen molar-refractivity contribution in [2.75, 3.05) is 31.1 Å². The minimum absolute atomic E-state index is 0.441. The van der Waals surface area contributed by atoms with E-state index in [1.54, 1.807) is 0 Å². The van der Waals surface area contributed by atoms with Gasteiger partial charge in [-0.2, -0.15) is 0 Å². The van der Waals surface area contributed by atoms with Crippen molar-refractivity contribution in [3.05, 3.63) is 65.7 Å². The van der Waals surface area contributed by atoms with E-state index >= 15 is 0 Å². The zero-order chi connectivity index (χ0) is 16.9. The third kappa shape index (κ3) is 3.74. The normalized spacial score (nSPS) is 14.5. The predicted molar refractivity (Wildman–Crippen MR) is 92.1 cm³/mol. The molecule has 0 aliphatic carbocycles. The van der Waals surface area contributed by atoms with E-state index < -0.39 is 11.9 Å². The summed E-state index contributed by atoms with van der Waals surface area (Å²) in [5.41, 5.74) is 3.64. The molecule has 0 atom stereocenters. The Morgan fingerprint density at radius 2 is 1.42 bits per heavy atom. The number of amides is 1. The first-order chi connectivity index (χ1) is 11.6. The molecular formula is C19H20N2O3. The number of aliphatic carboxylic acids is 1.